The fourth-order valence-corrected chi connectivity index (χ4v) is 2.29. The van der Waals surface area contributed by atoms with Crippen molar-refractivity contribution in [3.63, 3.8) is 0 Å². The quantitative estimate of drug-likeness (QED) is 0.878. The standard InChI is InChI=1S/C13H14ClF3N2O2/c14-9-1-2-11(10(7-9)13(15,16)17)18-12(20)8-19-3-5-21-6-4-19/h1-2,7H,3-6,8H2,(H,18,20)/p+1. The van der Waals surface area contributed by atoms with E-state index in [1.807, 2.05) is 0 Å². The fourth-order valence-electron chi connectivity index (χ4n) is 2.12. The van der Waals surface area contributed by atoms with Crippen molar-refractivity contribution < 1.29 is 27.6 Å². The molecule has 2 rings (SSSR count). The fraction of sp³-hybridized carbons (Fsp3) is 0.462. The number of halogens is 4. The molecule has 1 aliphatic rings. The van der Waals surface area contributed by atoms with Gasteiger partial charge in [-0.25, -0.2) is 0 Å². The summed E-state index contributed by atoms with van der Waals surface area (Å²) in [4.78, 5) is 12.9. The molecule has 0 spiro atoms. The molecule has 1 fully saturated rings. The zero-order chi connectivity index (χ0) is 15.5. The predicted octanol–water partition coefficient (Wildman–Crippen LogP) is 1.21. The first kappa shape index (κ1) is 16.1. The van der Waals surface area contributed by atoms with E-state index in [1.165, 1.54) is 6.07 Å². The zero-order valence-electron chi connectivity index (χ0n) is 11.1. The molecular formula is C13H15ClF3N2O2+. The molecule has 0 aromatic heterocycles. The van der Waals surface area contributed by atoms with E-state index in [0.717, 1.165) is 17.0 Å². The number of quaternary nitrogens is 1. The van der Waals surface area contributed by atoms with E-state index in [1.54, 1.807) is 0 Å². The lowest BCUT2D eigenvalue weighted by molar-refractivity contribution is -0.899. The molecule has 1 aromatic carbocycles. The number of nitrogens with one attached hydrogen (secondary N) is 2. The summed E-state index contributed by atoms with van der Waals surface area (Å²) in [5, 5.41) is 2.28. The number of benzene rings is 1. The van der Waals surface area contributed by atoms with Gasteiger partial charge in [-0.05, 0) is 18.2 Å². The number of hydrogen-bond donors (Lipinski definition) is 2. The molecule has 1 amide bonds. The Morgan fingerprint density at radius 3 is 2.62 bits per heavy atom. The third kappa shape index (κ3) is 4.59. The minimum absolute atomic E-state index is 0.0286. The maximum absolute atomic E-state index is 12.9. The van der Waals surface area contributed by atoms with E-state index in [0.29, 0.717) is 26.3 Å². The van der Waals surface area contributed by atoms with Crippen LogP contribution in [0.4, 0.5) is 18.9 Å². The van der Waals surface area contributed by atoms with Crippen LogP contribution in [0.5, 0.6) is 0 Å². The summed E-state index contributed by atoms with van der Waals surface area (Å²) in [5.41, 5.74) is -1.22. The number of carbonyl (C=O) groups is 1. The Labute approximate surface area is 124 Å². The number of alkyl halides is 3. The maximum Gasteiger partial charge on any atom is 0.418 e. The third-order valence-corrected chi connectivity index (χ3v) is 3.41. The molecule has 0 aliphatic carbocycles. The Balaban J connectivity index is 2.06. The van der Waals surface area contributed by atoms with E-state index >= 15 is 0 Å². The summed E-state index contributed by atoms with van der Waals surface area (Å²) in [6.45, 7) is 2.55. The number of rotatable bonds is 3. The Morgan fingerprint density at radius 2 is 2.00 bits per heavy atom. The monoisotopic (exact) mass is 323 g/mol. The Hall–Kier alpha value is -1.31. The highest BCUT2D eigenvalue weighted by atomic mass is 35.5. The van der Waals surface area contributed by atoms with E-state index in [9.17, 15) is 18.0 Å². The van der Waals surface area contributed by atoms with Gasteiger partial charge in [0.15, 0.2) is 6.54 Å². The smallest absolute Gasteiger partial charge is 0.370 e. The Bertz CT molecular complexity index is 517. The highest BCUT2D eigenvalue weighted by molar-refractivity contribution is 6.30. The number of amides is 1. The largest absolute Gasteiger partial charge is 0.418 e. The predicted molar refractivity (Wildman–Crippen MR) is 71.5 cm³/mol. The average Bonchev–Trinajstić information content (AvgIpc) is 2.40. The van der Waals surface area contributed by atoms with Crippen LogP contribution in [-0.2, 0) is 15.7 Å². The lowest BCUT2D eigenvalue weighted by Gasteiger charge is -2.23. The van der Waals surface area contributed by atoms with Gasteiger partial charge in [0.05, 0.1) is 24.5 Å². The molecule has 21 heavy (non-hydrogen) atoms. The molecule has 8 heteroatoms. The summed E-state index contributed by atoms with van der Waals surface area (Å²) in [5.74, 6) is -0.459. The molecule has 2 N–H and O–H groups in total. The first-order valence-electron chi connectivity index (χ1n) is 6.44. The first-order chi connectivity index (χ1) is 9.86. The minimum atomic E-state index is -4.57. The molecule has 1 heterocycles. The molecule has 4 nitrogen and oxygen atoms in total. The highest BCUT2D eigenvalue weighted by Crippen LogP contribution is 2.36. The SMILES string of the molecule is O=C(C[NH+]1CCOCC1)Nc1ccc(Cl)cc1C(F)(F)F. The molecule has 116 valence electrons. The summed E-state index contributed by atoms with van der Waals surface area (Å²) < 4.78 is 43.9. The molecule has 0 radical (unpaired) electrons. The molecule has 1 saturated heterocycles. The van der Waals surface area contributed by atoms with Crippen LogP contribution in [0, 0.1) is 0 Å². The summed E-state index contributed by atoms with van der Waals surface area (Å²) in [7, 11) is 0. The van der Waals surface area contributed by atoms with Gasteiger partial charge < -0.3 is 15.0 Å². The van der Waals surface area contributed by atoms with Crippen LogP contribution in [0.2, 0.25) is 5.02 Å². The number of carbonyl (C=O) groups excluding carboxylic acids is 1. The van der Waals surface area contributed by atoms with E-state index in [2.05, 4.69) is 5.32 Å². The number of hydrogen-bond acceptors (Lipinski definition) is 2. The van der Waals surface area contributed by atoms with E-state index < -0.39 is 17.6 Å². The van der Waals surface area contributed by atoms with Crippen LogP contribution in [0.25, 0.3) is 0 Å². The van der Waals surface area contributed by atoms with Crippen molar-refractivity contribution >= 4 is 23.2 Å². The summed E-state index contributed by atoms with van der Waals surface area (Å²) >= 11 is 5.58. The molecular weight excluding hydrogens is 309 g/mol. The van der Waals surface area contributed by atoms with Crippen LogP contribution >= 0.6 is 11.6 Å². The van der Waals surface area contributed by atoms with Gasteiger partial charge in [0.1, 0.15) is 13.1 Å². The highest BCUT2D eigenvalue weighted by Gasteiger charge is 2.34. The zero-order valence-corrected chi connectivity index (χ0v) is 11.9. The van der Waals surface area contributed by atoms with Crippen LogP contribution in [-0.4, -0.2) is 38.8 Å². The second-order valence-corrected chi connectivity index (χ2v) is 5.21. The number of ether oxygens (including phenoxy) is 1. The van der Waals surface area contributed by atoms with Gasteiger partial charge in [-0.3, -0.25) is 4.79 Å². The lowest BCUT2D eigenvalue weighted by Crippen LogP contribution is -3.15. The second kappa shape index (κ2) is 6.64. The molecule has 0 atom stereocenters. The van der Waals surface area contributed by atoms with Gasteiger partial charge in [-0.1, -0.05) is 11.6 Å². The normalized spacial score (nSPS) is 16.8. The van der Waals surface area contributed by atoms with Crippen LogP contribution < -0.4 is 10.2 Å². The van der Waals surface area contributed by atoms with Gasteiger partial charge >= 0.3 is 6.18 Å². The van der Waals surface area contributed by atoms with Gasteiger partial charge in [0, 0.05) is 5.02 Å². The van der Waals surface area contributed by atoms with Gasteiger partial charge in [-0.2, -0.15) is 13.2 Å². The third-order valence-electron chi connectivity index (χ3n) is 3.17. The Morgan fingerprint density at radius 1 is 1.33 bits per heavy atom. The van der Waals surface area contributed by atoms with Crippen molar-refractivity contribution in [1.82, 2.24) is 0 Å². The van der Waals surface area contributed by atoms with Crippen LogP contribution in [0.3, 0.4) is 0 Å². The van der Waals surface area contributed by atoms with E-state index in [4.69, 9.17) is 16.3 Å². The van der Waals surface area contributed by atoms with Crippen molar-refractivity contribution in [2.45, 2.75) is 6.18 Å². The van der Waals surface area contributed by atoms with Crippen molar-refractivity contribution in [2.75, 3.05) is 38.2 Å². The molecule has 1 aliphatic heterocycles. The molecule has 0 unspecified atom stereocenters. The van der Waals surface area contributed by atoms with Crippen molar-refractivity contribution in [3.8, 4) is 0 Å². The van der Waals surface area contributed by atoms with Gasteiger partial charge in [0.25, 0.3) is 5.91 Å². The topological polar surface area (TPSA) is 42.8 Å². The van der Waals surface area contributed by atoms with Gasteiger partial charge in [0.2, 0.25) is 0 Å². The molecule has 0 bridgehead atoms. The van der Waals surface area contributed by atoms with Crippen molar-refractivity contribution in [3.05, 3.63) is 28.8 Å². The molecule has 0 saturated carbocycles. The lowest BCUT2D eigenvalue weighted by atomic mass is 10.1. The van der Waals surface area contributed by atoms with Gasteiger partial charge in [-0.15, -0.1) is 0 Å². The first-order valence-corrected chi connectivity index (χ1v) is 6.82. The maximum atomic E-state index is 12.9. The summed E-state index contributed by atoms with van der Waals surface area (Å²) in [6, 6.07) is 3.28. The van der Waals surface area contributed by atoms with Crippen molar-refractivity contribution in [2.24, 2.45) is 0 Å². The minimum Gasteiger partial charge on any atom is -0.370 e. The number of anilines is 1. The van der Waals surface area contributed by atoms with Crippen LogP contribution in [0.15, 0.2) is 18.2 Å². The number of morpholine rings is 1. The van der Waals surface area contributed by atoms with Crippen molar-refractivity contribution in [1.29, 1.82) is 0 Å². The Kier molecular flexibility index (Phi) is 5.08. The average molecular weight is 324 g/mol. The van der Waals surface area contributed by atoms with Crippen LogP contribution in [0.1, 0.15) is 5.56 Å². The molecule has 1 aromatic rings. The summed E-state index contributed by atoms with van der Waals surface area (Å²) in [6.07, 6.45) is -4.57. The second-order valence-electron chi connectivity index (χ2n) is 4.77. The van der Waals surface area contributed by atoms with E-state index in [-0.39, 0.29) is 17.3 Å².